The molecule has 9 heteroatoms. The smallest absolute Gasteiger partial charge is 0.759 e. The number of rotatable bonds is 0. The zero-order chi connectivity index (χ0) is 4.50. The van der Waals surface area contributed by atoms with Gasteiger partial charge in [0.15, 0.2) is 0 Å². The Morgan fingerprint density at radius 1 is 0.889 bits per heavy atom. The van der Waals surface area contributed by atoms with Crippen molar-refractivity contribution in [3.8, 4) is 0 Å². The second-order valence-corrected chi connectivity index (χ2v) is 1.22. The molecule has 0 amide bonds. The normalized spacial score (nSPS) is 6.44. The summed E-state index contributed by atoms with van der Waals surface area (Å²) in [4.78, 5) is 0. The molecule has 0 unspecified atom stereocenters. The molecule has 40 valence electrons. The van der Waals surface area contributed by atoms with Crippen molar-refractivity contribution in [2.75, 3.05) is 0 Å². The fourth-order valence-electron chi connectivity index (χ4n) is 0. The second-order valence-electron chi connectivity index (χ2n) is 0.408. The minimum Gasteiger partial charge on any atom is -0.759 e. The molecule has 0 aliphatic heterocycles. The largest absolute Gasteiger partial charge is 1.00 e. The molecule has 0 heterocycles. The van der Waals surface area contributed by atoms with Gasteiger partial charge in [-0.05, 0) is 0 Å². The van der Waals surface area contributed by atoms with Crippen LogP contribution >= 0.6 is 0 Å². The molecule has 0 saturated carbocycles. The van der Waals surface area contributed by atoms with Gasteiger partial charge >= 0.3 is 105 Å². The van der Waals surface area contributed by atoms with Crippen molar-refractivity contribution in [3.63, 3.8) is 0 Å². The van der Waals surface area contributed by atoms with E-state index >= 15 is 0 Å². The van der Waals surface area contributed by atoms with Crippen LogP contribution in [0.5, 0.6) is 0 Å². The molecule has 0 aliphatic carbocycles. The monoisotopic (exact) mass is 194 g/mol. The zero-order valence-corrected chi connectivity index (χ0v) is 8.86. The van der Waals surface area contributed by atoms with E-state index in [1.54, 1.807) is 0 Å². The summed E-state index contributed by atoms with van der Waals surface area (Å²) in [7, 11) is -5.17. The Bertz CT molecular complexity index is 99.7. The van der Waals surface area contributed by atoms with Crippen molar-refractivity contribution >= 4 is 56.5 Å². The predicted octanol–water partition coefficient (Wildman–Crippen LogP) is -9.16. The molecule has 0 aromatic heterocycles. The summed E-state index contributed by atoms with van der Waals surface area (Å²) < 4.78 is 34.1. The van der Waals surface area contributed by atoms with E-state index in [-0.39, 0.29) is 105 Å². The van der Waals surface area contributed by atoms with Crippen LogP contribution in [0.3, 0.4) is 0 Å². The van der Waals surface area contributed by atoms with Gasteiger partial charge in [0.2, 0.25) is 0 Å². The van der Waals surface area contributed by atoms with Crippen molar-refractivity contribution in [1.82, 2.24) is 0 Å². The van der Waals surface area contributed by atoms with Gasteiger partial charge < -0.3 is 9.11 Å². The van der Waals surface area contributed by atoms with E-state index in [1.165, 1.54) is 0 Å². The van der Waals surface area contributed by atoms with Gasteiger partial charge in [0.1, 0.15) is 0 Å². The van der Waals surface area contributed by atoms with Crippen LogP contribution in [-0.2, 0) is 10.4 Å². The van der Waals surface area contributed by atoms with Crippen molar-refractivity contribution in [1.29, 1.82) is 0 Å². The first-order valence-electron chi connectivity index (χ1n) is 0.667. The van der Waals surface area contributed by atoms with Gasteiger partial charge in [-0.3, -0.25) is 8.42 Å². The van der Waals surface area contributed by atoms with Crippen LogP contribution < -0.4 is 59.1 Å². The maximum Gasteiger partial charge on any atom is 1.00 e. The summed E-state index contributed by atoms with van der Waals surface area (Å²) in [6.07, 6.45) is 0. The van der Waals surface area contributed by atoms with Crippen LogP contribution in [0.2, 0.25) is 0 Å². The molecule has 0 aromatic rings. The van der Waals surface area contributed by atoms with Gasteiger partial charge in [0.25, 0.3) is 0 Å². The van der Waals surface area contributed by atoms with Gasteiger partial charge in [-0.25, -0.2) is 0 Å². The van der Waals surface area contributed by atoms with Crippen LogP contribution in [0.4, 0.5) is 0 Å². The van der Waals surface area contributed by atoms with Crippen molar-refractivity contribution in [3.05, 3.63) is 0 Å². The topological polar surface area (TPSA) is 80.3 Å². The fourth-order valence-corrected chi connectivity index (χ4v) is 0. The molecular formula is H4Mg2Na2O4S. The standard InChI is InChI=1S/2Mg.2Na.H2O4S.4H/c;;;;1-5(2,3)4;;;;/h;;;;(H2,1,2,3,4);;;;/q;;2*+1;;;;;/p-2. The van der Waals surface area contributed by atoms with Gasteiger partial charge in [-0.2, -0.15) is 0 Å². The Kier molecular flexibility index (Phi) is 45.6. The van der Waals surface area contributed by atoms with Crippen LogP contribution in [0.1, 0.15) is 0 Å². The first-order chi connectivity index (χ1) is 2.00. The molecule has 0 aromatic carbocycles. The average Bonchev–Trinajstić information content (AvgIpc) is 0.722. The van der Waals surface area contributed by atoms with Gasteiger partial charge in [-0.1, -0.05) is 0 Å². The van der Waals surface area contributed by atoms with E-state index in [0.29, 0.717) is 0 Å². The fraction of sp³-hybridized carbons (Fsp3) is 0. The molecule has 0 spiro atoms. The van der Waals surface area contributed by atoms with Crippen molar-refractivity contribution in [2.45, 2.75) is 0 Å². The van der Waals surface area contributed by atoms with E-state index < -0.39 is 10.4 Å². The Hall–Kier alpha value is 3.40. The number of hydrogen-bond donors (Lipinski definition) is 0. The SMILES string of the molecule is O=S(=O)([O-])[O-].[MgH2].[MgH2].[Na+].[Na+]. The van der Waals surface area contributed by atoms with E-state index in [0.717, 1.165) is 0 Å². The molecule has 0 fully saturated rings. The third-order valence-corrected chi connectivity index (χ3v) is 0. The summed E-state index contributed by atoms with van der Waals surface area (Å²) in [6.45, 7) is 0. The van der Waals surface area contributed by atoms with E-state index in [9.17, 15) is 0 Å². The van der Waals surface area contributed by atoms with Gasteiger partial charge in [-0.15, -0.1) is 0 Å². The molecule has 4 nitrogen and oxygen atoms in total. The Balaban J connectivity index is -0.0000000133. The third-order valence-electron chi connectivity index (χ3n) is 0. The summed E-state index contributed by atoms with van der Waals surface area (Å²) in [5, 5.41) is 0. The maximum absolute atomic E-state index is 8.52. The number of hydrogen-bond acceptors (Lipinski definition) is 4. The Morgan fingerprint density at radius 2 is 0.889 bits per heavy atom. The Morgan fingerprint density at radius 3 is 0.889 bits per heavy atom. The van der Waals surface area contributed by atoms with Crippen molar-refractivity contribution < 1.29 is 76.6 Å². The summed E-state index contributed by atoms with van der Waals surface area (Å²) in [5.74, 6) is 0. The quantitative estimate of drug-likeness (QED) is 0.218. The Labute approximate surface area is 130 Å². The maximum atomic E-state index is 8.52. The molecule has 0 radical (unpaired) electrons. The molecule has 0 atom stereocenters. The van der Waals surface area contributed by atoms with Gasteiger partial charge in [0.05, 0.1) is 0 Å². The van der Waals surface area contributed by atoms with Crippen LogP contribution in [0, 0.1) is 0 Å². The molecule has 0 saturated heterocycles. The van der Waals surface area contributed by atoms with Gasteiger partial charge in [0, 0.05) is 10.4 Å². The third kappa shape index (κ3) is 87.1. The summed E-state index contributed by atoms with van der Waals surface area (Å²) in [6, 6.07) is 0. The molecule has 0 N–H and O–H groups in total. The molecular weight excluding hydrogens is 191 g/mol. The predicted molar refractivity (Wildman–Crippen MR) is 27.6 cm³/mol. The molecule has 0 aliphatic rings. The molecule has 9 heavy (non-hydrogen) atoms. The zero-order valence-electron chi connectivity index (χ0n) is 4.04. The van der Waals surface area contributed by atoms with Crippen molar-refractivity contribution in [2.24, 2.45) is 0 Å². The second kappa shape index (κ2) is 14.0. The molecule has 0 bridgehead atoms. The minimum atomic E-state index is -5.17. The van der Waals surface area contributed by atoms with E-state index in [2.05, 4.69) is 0 Å². The average molecular weight is 195 g/mol. The summed E-state index contributed by atoms with van der Waals surface area (Å²) in [5.41, 5.74) is 0. The van der Waals surface area contributed by atoms with E-state index in [4.69, 9.17) is 17.5 Å². The van der Waals surface area contributed by atoms with Crippen LogP contribution in [0.15, 0.2) is 0 Å². The first kappa shape index (κ1) is 29.4. The van der Waals surface area contributed by atoms with Crippen LogP contribution in [0.25, 0.3) is 0 Å². The first-order valence-corrected chi connectivity index (χ1v) is 2.00. The summed E-state index contributed by atoms with van der Waals surface area (Å²) >= 11 is 0. The van der Waals surface area contributed by atoms with Crippen LogP contribution in [-0.4, -0.2) is 63.6 Å². The minimum absolute atomic E-state index is 0. The molecule has 0 rings (SSSR count). The van der Waals surface area contributed by atoms with E-state index in [1.807, 2.05) is 0 Å².